The van der Waals surface area contributed by atoms with Crippen molar-refractivity contribution < 1.29 is 97.1 Å². The molecule has 1 saturated heterocycles. The quantitative estimate of drug-likeness (QED) is 0.0276. The summed E-state index contributed by atoms with van der Waals surface area (Å²) in [5.41, 5.74) is 17.1. The summed E-state index contributed by atoms with van der Waals surface area (Å²) >= 11 is 16.1. The van der Waals surface area contributed by atoms with E-state index >= 15 is 0 Å². The van der Waals surface area contributed by atoms with Gasteiger partial charge in [-0.1, -0.05) is 12.1 Å². The van der Waals surface area contributed by atoms with Gasteiger partial charge in [0, 0.05) is 60.7 Å². The SMILES string of the molecule is C[C@H](NC(=O)[C@@H]1CCCN1C(=O)[C@H](CC(N)=O)NC(=O)[C@H](CS)NC(=O)[C@H](CS)NC(=O)[C@@H](N)CCC(=O)O)C(=O)N[C@@H](CS)C(=O)NCC(=O)N[C@@H](CC(N)=O)C(=O)N[C@@H](Cc1cnc[nH]1)C(=O)N[C@@H](Cc1ccc(O)cc1)C(=O)N[C@@H](CO)C(=O)N[C@@H](CS)C(=O)O. The van der Waals surface area contributed by atoms with Crippen molar-refractivity contribution in [1.29, 1.82) is 0 Å². The zero-order valence-corrected chi connectivity index (χ0v) is 53.8. The molecule has 37 nitrogen and oxygen atoms in total. The van der Waals surface area contributed by atoms with Crippen LogP contribution in [0.5, 0.6) is 5.75 Å². The number of rotatable bonds is 40. The van der Waals surface area contributed by atoms with Crippen molar-refractivity contribution in [3.63, 3.8) is 0 Å². The molecule has 22 N–H and O–H groups in total. The summed E-state index contributed by atoms with van der Waals surface area (Å²) < 4.78 is 0. The van der Waals surface area contributed by atoms with E-state index in [0.717, 1.165) is 4.90 Å². The van der Waals surface area contributed by atoms with E-state index in [0.29, 0.717) is 5.56 Å². The molecule has 1 aliphatic heterocycles. The van der Waals surface area contributed by atoms with Crippen LogP contribution in [0.15, 0.2) is 36.8 Å². The fourth-order valence-corrected chi connectivity index (χ4v) is 9.73. The lowest BCUT2D eigenvalue weighted by molar-refractivity contribution is -0.143. The maximum atomic E-state index is 14.2. The molecular formula is C53H77N17O20S4. The fraction of sp³-hybridized carbons (Fsp3) is 0.528. The number of nitrogens with zero attached hydrogens (tertiary/aromatic N) is 2. The second kappa shape index (κ2) is 39.6. The highest BCUT2D eigenvalue weighted by atomic mass is 32.1. The van der Waals surface area contributed by atoms with E-state index in [1.165, 1.54) is 43.7 Å². The first-order chi connectivity index (χ1) is 44.4. The van der Waals surface area contributed by atoms with Gasteiger partial charge in [0.1, 0.15) is 72.2 Å². The molecule has 0 unspecified atom stereocenters. The van der Waals surface area contributed by atoms with E-state index in [9.17, 15) is 92.0 Å². The molecule has 41 heteroatoms. The summed E-state index contributed by atoms with van der Waals surface area (Å²) in [4.78, 5) is 216. The third kappa shape index (κ3) is 26.2. The molecule has 0 bridgehead atoms. The highest BCUT2D eigenvalue weighted by Gasteiger charge is 2.41. The first kappa shape index (κ1) is 79.3. The van der Waals surface area contributed by atoms with E-state index in [2.05, 4.69) is 119 Å². The van der Waals surface area contributed by atoms with Gasteiger partial charge in [-0.3, -0.25) is 71.9 Å². The zero-order chi connectivity index (χ0) is 70.5. The van der Waals surface area contributed by atoms with Crippen LogP contribution < -0.4 is 75.7 Å². The molecule has 3 rings (SSSR count). The molecule has 0 saturated carbocycles. The maximum Gasteiger partial charge on any atom is 0.327 e. The predicted octanol–water partition coefficient (Wildman–Crippen LogP) is -9.39. The largest absolute Gasteiger partial charge is 0.508 e. The second-order valence-electron chi connectivity index (χ2n) is 21.0. The minimum Gasteiger partial charge on any atom is -0.508 e. The molecule has 14 amide bonds. The van der Waals surface area contributed by atoms with Crippen LogP contribution in [0.4, 0.5) is 0 Å². The third-order valence-electron chi connectivity index (χ3n) is 13.8. The first-order valence-corrected chi connectivity index (χ1v) is 31.1. The normalized spacial score (nSPS) is 16.1. The topological polar surface area (TPSA) is 596 Å². The number of aromatic hydroxyl groups is 1. The minimum absolute atomic E-state index is 0.0286. The number of thiol groups is 4. The molecule has 2 heterocycles. The Morgan fingerprint density at radius 2 is 1.06 bits per heavy atom. The number of primary amides is 2. The summed E-state index contributed by atoms with van der Waals surface area (Å²) in [6, 6.07) is -13.2. The van der Waals surface area contributed by atoms with E-state index < -0.39 is 205 Å². The van der Waals surface area contributed by atoms with Gasteiger partial charge in [0.25, 0.3) is 0 Å². The van der Waals surface area contributed by atoms with Crippen LogP contribution in [-0.2, 0) is 89.6 Å². The number of imidazole rings is 1. The number of carboxylic acid groups (broad SMARTS) is 2. The zero-order valence-electron chi connectivity index (χ0n) is 50.2. The Balaban J connectivity index is 1.69. The molecule has 94 heavy (non-hydrogen) atoms. The summed E-state index contributed by atoms with van der Waals surface area (Å²) in [6.45, 7) is -0.819. The number of aliphatic hydroxyl groups is 1. The van der Waals surface area contributed by atoms with Gasteiger partial charge in [-0.15, -0.1) is 0 Å². The number of likely N-dealkylation sites (tertiary alicyclic amines) is 1. The highest BCUT2D eigenvalue weighted by molar-refractivity contribution is 7.80. The lowest BCUT2D eigenvalue weighted by Gasteiger charge is -2.30. The number of amides is 14. The smallest absolute Gasteiger partial charge is 0.327 e. The highest BCUT2D eigenvalue weighted by Crippen LogP contribution is 2.20. The van der Waals surface area contributed by atoms with Gasteiger partial charge in [-0.2, -0.15) is 50.5 Å². The number of nitrogens with two attached hydrogens (primary N) is 3. The number of H-pyrrole nitrogens is 1. The number of benzene rings is 1. The van der Waals surface area contributed by atoms with E-state index in [1.54, 1.807) is 0 Å². The van der Waals surface area contributed by atoms with E-state index in [1.807, 2.05) is 0 Å². The van der Waals surface area contributed by atoms with Crippen LogP contribution in [-0.4, -0.2) is 245 Å². The average Bonchev–Trinajstić information content (AvgIpc) is 1.60. The van der Waals surface area contributed by atoms with Gasteiger partial charge < -0.3 is 106 Å². The Morgan fingerprint density at radius 1 is 0.596 bits per heavy atom. The fourth-order valence-electron chi connectivity index (χ4n) is 8.71. The molecule has 0 radical (unpaired) electrons. The van der Waals surface area contributed by atoms with Crippen LogP contribution in [0.3, 0.4) is 0 Å². The standard InChI is InChI=1S/C53H77N17O20S4/c1-23(60-51(87)37-3-2-10-70(37)52(88)31(14-39(56)74)64-49(85)35(20-93)68-50(86)34(19-92)67-43(79)27(54)8-9-41(76)77)42(78)66-33(18-91)44(80)58-16-40(75)61-30(13-38(55)73)47(83)63-29(12-25-15-57-22-59-25)46(82)62-28(11-24-4-6-26(72)7-5-24)45(81)65-32(17-71)48(84)69-36(21-94)53(89)90/h4-7,15,22-23,27-37,71-72,91-94H,2-3,8-14,16-21,54H2,1H3,(H2,55,73)(H2,56,74)(H,57,59)(H,58,80)(H,60,87)(H,61,75)(H,62,82)(H,63,83)(H,64,85)(H,65,81)(H,66,78)(H,67,79)(H,68,86)(H,69,84)(H,76,77)(H,89,90)/t23-,27-,28-,29-,30-,31-,32-,33-,34-,35-,36-,37-/m0/s1. The summed E-state index contributed by atoms with van der Waals surface area (Å²) in [7, 11) is 0. The van der Waals surface area contributed by atoms with Gasteiger partial charge >= 0.3 is 11.9 Å². The van der Waals surface area contributed by atoms with E-state index in [-0.39, 0.29) is 67.4 Å². The number of aromatic nitrogens is 2. The molecule has 1 aliphatic rings. The van der Waals surface area contributed by atoms with E-state index in [4.69, 9.17) is 22.3 Å². The summed E-state index contributed by atoms with van der Waals surface area (Å²) in [5, 5.41) is 63.5. The van der Waals surface area contributed by atoms with Crippen molar-refractivity contribution in [1.82, 2.24) is 73.4 Å². The number of hydrogen-bond acceptors (Lipinski definition) is 24. The van der Waals surface area contributed by atoms with Gasteiger partial charge in [0.2, 0.25) is 82.7 Å². The average molecular weight is 1400 g/mol. The van der Waals surface area contributed by atoms with Crippen LogP contribution in [0.25, 0.3) is 0 Å². The van der Waals surface area contributed by atoms with Gasteiger partial charge in [0.15, 0.2) is 0 Å². The molecule has 1 fully saturated rings. The molecule has 0 aliphatic carbocycles. The number of nitrogens with one attached hydrogen (secondary N) is 12. The van der Waals surface area contributed by atoms with Crippen LogP contribution in [0, 0.1) is 0 Å². The van der Waals surface area contributed by atoms with Crippen molar-refractivity contribution >= 4 is 145 Å². The van der Waals surface area contributed by atoms with Gasteiger partial charge in [-0.05, 0) is 43.9 Å². The first-order valence-electron chi connectivity index (χ1n) is 28.5. The number of aliphatic carboxylic acids is 2. The Kier molecular flexibility index (Phi) is 33.4. The maximum absolute atomic E-state index is 14.2. The van der Waals surface area contributed by atoms with Crippen LogP contribution in [0.1, 0.15) is 56.7 Å². The Labute approximate surface area is 557 Å². The summed E-state index contributed by atoms with van der Waals surface area (Å²) in [6.07, 6.45) is -0.323. The number of carboxylic acids is 2. The number of phenols is 1. The number of phenolic OH excluding ortho intramolecular Hbond substituents is 1. The third-order valence-corrected chi connectivity index (χ3v) is 15.2. The van der Waals surface area contributed by atoms with Crippen molar-refractivity contribution in [2.75, 3.05) is 42.7 Å². The Bertz CT molecular complexity index is 3060. The van der Waals surface area contributed by atoms with Crippen molar-refractivity contribution in [2.45, 2.75) is 131 Å². The molecule has 1 aromatic heterocycles. The van der Waals surface area contributed by atoms with Gasteiger partial charge in [0.05, 0.1) is 38.4 Å². The number of carbonyl (C=O) groups is 16. The van der Waals surface area contributed by atoms with Crippen molar-refractivity contribution in [3.05, 3.63) is 48.0 Å². The van der Waals surface area contributed by atoms with Crippen LogP contribution >= 0.6 is 50.5 Å². The molecule has 1 aromatic carbocycles. The monoisotopic (exact) mass is 1400 g/mol. The number of carbonyl (C=O) groups excluding carboxylic acids is 14. The summed E-state index contributed by atoms with van der Waals surface area (Å²) in [5.74, 6) is -18.8. The molecule has 0 spiro atoms. The number of hydrogen-bond donors (Lipinski definition) is 23. The predicted molar refractivity (Wildman–Crippen MR) is 339 cm³/mol. The molecule has 12 atom stereocenters. The van der Waals surface area contributed by atoms with Crippen LogP contribution in [0.2, 0.25) is 0 Å². The van der Waals surface area contributed by atoms with Gasteiger partial charge in [-0.25, -0.2) is 9.78 Å². The lowest BCUT2D eigenvalue weighted by Crippen LogP contribution is -2.60. The number of aliphatic hydroxyl groups excluding tert-OH is 1. The van der Waals surface area contributed by atoms with Crippen molar-refractivity contribution in [2.24, 2.45) is 17.2 Å². The lowest BCUT2D eigenvalue weighted by atomic mass is 10.0. The Hall–Kier alpha value is -8.93. The molecular weight excluding hydrogens is 1320 g/mol. The second-order valence-corrected chi connectivity index (χ2v) is 22.5. The Morgan fingerprint density at radius 3 is 1.59 bits per heavy atom. The molecule has 518 valence electrons. The number of aromatic amines is 1. The van der Waals surface area contributed by atoms with Crippen molar-refractivity contribution in [3.8, 4) is 5.75 Å². The minimum atomic E-state index is -1.84. The molecule has 2 aromatic rings.